The van der Waals surface area contributed by atoms with Crippen molar-refractivity contribution in [2.45, 2.75) is 18.2 Å². The molecule has 0 spiro atoms. The first kappa shape index (κ1) is 25.1. The third-order valence-corrected chi connectivity index (χ3v) is 7.75. The summed E-state index contributed by atoms with van der Waals surface area (Å²) in [5.74, 6) is -1.29. The van der Waals surface area contributed by atoms with Crippen molar-refractivity contribution in [1.29, 1.82) is 0 Å². The highest BCUT2D eigenvalue weighted by atomic mass is 35.5. The van der Waals surface area contributed by atoms with Crippen molar-refractivity contribution < 1.29 is 22.0 Å². The first-order chi connectivity index (χ1) is 16.6. The summed E-state index contributed by atoms with van der Waals surface area (Å²) in [6.45, 7) is 3.21. The Labute approximate surface area is 210 Å². The van der Waals surface area contributed by atoms with Crippen LogP contribution in [0, 0.1) is 17.6 Å². The van der Waals surface area contributed by atoms with Crippen LogP contribution in [0.1, 0.15) is 13.3 Å². The molecule has 1 aromatic heterocycles. The molecule has 35 heavy (non-hydrogen) atoms. The van der Waals surface area contributed by atoms with Crippen LogP contribution in [0.4, 0.5) is 31.7 Å². The van der Waals surface area contributed by atoms with E-state index in [1.54, 1.807) is 0 Å². The topological polar surface area (TPSA) is 103 Å². The zero-order valence-electron chi connectivity index (χ0n) is 18.5. The van der Waals surface area contributed by atoms with E-state index in [0.29, 0.717) is 31.0 Å². The van der Waals surface area contributed by atoms with Crippen LogP contribution in [0.15, 0.2) is 46.1 Å². The SMILES string of the molecule is CC(=O)NC[C@@H]1CCN(c2cc(F)ccc2Nc2cc(F)c(S(=O)(=O)Nc3cscn3)cc2Cl)C1. The summed E-state index contributed by atoms with van der Waals surface area (Å²) >= 11 is 7.50. The monoisotopic (exact) mass is 541 g/mol. The Bertz CT molecular complexity index is 1340. The normalized spacial score (nSPS) is 15.8. The lowest BCUT2D eigenvalue weighted by atomic mass is 10.1. The summed E-state index contributed by atoms with van der Waals surface area (Å²) < 4.78 is 56.4. The van der Waals surface area contributed by atoms with Crippen molar-refractivity contribution in [3.63, 3.8) is 0 Å². The van der Waals surface area contributed by atoms with Gasteiger partial charge in [-0.1, -0.05) is 11.6 Å². The zero-order chi connectivity index (χ0) is 25.2. The van der Waals surface area contributed by atoms with E-state index < -0.39 is 26.6 Å². The van der Waals surface area contributed by atoms with Gasteiger partial charge in [0.15, 0.2) is 5.82 Å². The van der Waals surface area contributed by atoms with Crippen molar-refractivity contribution in [3.8, 4) is 0 Å². The van der Waals surface area contributed by atoms with Crippen LogP contribution in [-0.2, 0) is 14.8 Å². The smallest absolute Gasteiger partial charge is 0.266 e. The summed E-state index contributed by atoms with van der Waals surface area (Å²) in [4.78, 5) is 16.4. The maximum atomic E-state index is 14.9. The quantitative estimate of drug-likeness (QED) is 0.386. The maximum Gasteiger partial charge on any atom is 0.266 e. The van der Waals surface area contributed by atoms with Crippen LogP contribution >= 0.6 is 22.9 Å². The van der Waals surface area contributed by atoms with E-state index in [0.717, 1.165) is 18.6 Å². The molecule has 1 aliphatic rings. The fourth-order valence-electron chi connectivity index (χ4n) is 3.81. The molecule has 1 amide bonds. The Hall–Kier alpha value is -2.96. The predicted molar refractivity (Wildman–Crippen MR) is 133 cm³/mol. The number of carbonyl (C=O) groups excluding carboxylic acids is 1. The fourth-order valence-corrected chi connectivity index (χ4v) is 5.73. The molecule has 1 fully saturated rings. The van der Waals surface area contributed by atoms with Gasteiger partial charge in [-0.3, -0.25) is 9.52 Å². The van der Waals surface area contributed by atoms with Gasteiger partial charge in [0.25, 0.3) is 10.0 Å². The highest BCUT2D eigenvalue weighted by Crippen LogP contribution is 2.36. The van der Waals surface area contributed by atoms with Gasteiger partial charge in [0.2, 0.25) is 5.91 Å². The Morgan fingerprint density at radius 2 is 2.06 bits per heavy atom. The molecule has 8 nitrogen and oxygen atoms in total. The number of hydrogen-bond acceptors (Lipinski definition) is 7. The maximum absolute atomic E-state index is 14.9. The minimum atomic E-state index is -4.25. The number of amides is 1. The molecule has 2 aromatic carbocycles. The molecule has 0 aliphatic carbocycles. The Balaban J connectivity index is 1.57. The minimum Gasteiger partial charge on any atom is -0.369 e. The lowest BCUT2D eigenvalue weighted by molar-refractivity contribution is -0.119. The minimum absolute atomic E-state index is 0.0368. The van der Waals surface area contributed by atoms with Crippen molar-refractivity contribution in [3.05, 3.63) is 57.9 Å². The van der Waals surface area contributed by atoms with Gasteiger partial charge in [0.05, 0.1) is 27.6 Å². The molecule has 1 saturated heterocycles. The molecule has 0 unspecified atom stereocenters. The van der Waals surface area contributed by atoms with Crippen LogP contribution in [0.2, 0.25) is 5.02 Å². The number of rotatable bonds is 8. The lowest BCUT2D eigenvalue weighted by Crippen LogP contribution is -2.29. The zero-order valence-corrected chi connectivity index (χ0v) is 20.9. The molecule has 3 N–H and O–H groups in total. The van der Waals surface area contributed by atoms with Gasteiger partial charge < -0.3 is 15.5 Å². The highest BCUT2D eigenvalue weighted by Gasteiger charge is 2.26. The van der Waals surface area contributed by atoms with Crippen molar-refractivity contribution in [1.82, 2.24) is 10.3 Å². The molecule has 186 valence electrons. The lowest BCUT2D eigenvalue weighted by Gasteiger charge is -2.23. The van der Waals surface area contributed by atoms with Crippen LogP contribution < -0.4 is 20.3 Å². The number of hydrogen-bond donors (Lipinski definition) is 3. The van der Waals surface area contributed by atoms with E-state index >= 15 is 0 Å². The summed E-state index contributed by atoms with van der Waals surface area (Å²) in [5, 5.41) is 7.23. The Morgan fingerprint density at radius 1 is 1.26 bits per heavy atom. The number of nitrogens with one attached hydrogen (secondary N) is 3. The largest absolute Gasteiger partial charge is 0.369 e. The number of carbonyl (C=O) groups is 1. The third kappa shape index (κ3) is 6.00. The van der Waals surface area contributed by atoms with Crippen molar-refractivity contribution in [2.24, 2.45) is 5.92 Å². The second-order valence-electron chi connectivity index (χ2n) is 8.07. The Morgan fingerprint density at radius 3 is 2.77 bits per heavy atom. The van der Waals surface area contributed by atoms with Crippen LogP contribution in [0.5, 0.6) is 0 Å². The molecular weight excluding hydrogens is 520 g/mol. The molecular formula is C22H22ClF2N5O3S2. The first-order valence-corrected chi connectivity index (χ1v) is 13.4. The summed E-state index contributed by atoms with van der Waals surface area (Å²) in [6.07, 6.45) is 0.810. The van der Waals surface area contributed by atoms with E-state index in [1.807, 2.05) is 4.90 Å². The highest BCUT2D eigenvalue weighted by molar-refractivity contribution is 7.92. The van der Waals surface area contributed by atoms with Gasteiger partial charge in [-0.05, 0) is 36.6 Å². The molecule has 2 heterocycles. The molecule has 13 heteroatoms. The molecule has 4 rings (SSSR count). The second kappa shape index (κ2) is 10.3. The van der Waals surface area contributed by atoms with Gasteiger partial charge in [0.1, 0.15) is 16.5 Å². The van der Waals surface area contributed by atoms with Gasteiger partial charge in [-0.2, -0.15) is 0 Å². The number of thiazole rings is 1. The van der Waals surface area contributed by atoms with E-state index in [1.165, 1.54) is 47.4 Å². The van der Waals surface area contributed by atoms with E-state index in [4.69, 9.17) is 11.6 Å². The van der Waals surface area contributed by atoms with Gasteiger partial charge >= 0.3 is 0 Å². The number of sulfonamides is 1. The van der Waals surface area contributed by atoms with Crippen LogP contribution in [0.25, 0.3) is 0 Å². The summed E-state index contributed by atoms with van der Waals surface area (Å²) in [7, 11) is -4.25. The molecule has 1 atom stereocenters. The third-order valence-electron chi connectivity index (χ3n) is 5.48. The fraction of sp³-hybridized carbons (Fsp3) is 0.273. The number of benzene rings is 2. The molecule has 0 saturated carbocycles. The summed E-state index contributed by atoms with van der Waals surface area (Å²) in [5.41, 5.74) is 2.59. The van der Waals surface area contributed by atoms with Crippen LogP contribution in [-0.4, -0.2) is 38.9 Å². The molecule has 3 aromatic rings. The molecule has 0 radical (unpaired) electrons. The first-order valence-electron chi connectivity index (χ1n) is 10.6. The predicted octanol–water partition coefficient (Wildman–Crippen LogP) is 4.58. The average Bonchev–Trinajstić information content (AvgIpc) is 3.47. The van der Waals surface area contributed by atoms with E-state index in [-0.39, 0.29) is 28.4 Å². The Kier molecular flexibility index (Phi) is 7.43. The van der Waals surface area contributed by atoms with E-state index in [2.05, 4.69) is 20.3 Å². The van der Waals surface area contributed by atoms with Gasteiger partial charge in [-0.25, -0.2) is 22.2 Å². The van der Waals surface area contributed by atoms with Crippen molar-refractivity contribution >= 4 is 61.7 Å². The van der Waals surface area contributed by atoms with Gasteiger partial charge in [-0.15, -0.1) is 11.3 Å². The van der Waals surface area contributed by atoms with Gasteiger partial charge in [0, 0.05) is 38.0 Å². The molecule has 1 aliphatic heterocycles. The number of halogens is 3. The number of aromatic nitrogens is 1. The number of anilines is 4. The second-order valence-corrected chi connectivity index (χ2v) is 10.8. The summed E-state index contributed by atoms with van der Waals surface area (Å²) in [6, 6.07) is 6.13. The molecule has 0 bridgehead atoms. The van der Waals surface area contributed by atoms with Crippen LogP contribution in [0.3, 0.4) is 0 Å². The van der Waals surface area contributed by atoms with E-state index in [9.17, 15) is 22.0 Å². The average molecular weight is 542 g/mol. The number of nitrogens with zero attached hydrogens (tertiary/aromatic N) is 2. The standard InChI is InChI=1S/C22H22ClF2N5O3S2/c1-13(31)26-9-14-4-5-30(10-14)20-6-15(24)2-3-18(20)28-19-8-17(25)21(7-16(19)23)35(32,33)29-22-11-34-12-27-22/h2-3,6-8,11-12,14,28-29H,4-5,9-10H2,1H3,(H,26,31)/t14-/m0/s1. The van der Waals surface area contributed by atoms with Crippen molar-refractivity contribution in [2.75, 3.05) is 34.6 Å².